The number of amides is 2. The van der Waals surface area contributed by atoms with E-state index in [4.69, 9.17) is 0 Å². The van der Waals surface area contributed by atoms with Gasteiger partial charge >= 0.3 is 0 Å². The molecule has 0 saturated carbocycles. The van der Waals surface area contributed by atoms with Crippen LogP contribution in [0.5, 0.6) is 0 Å². The lowest BCUT2D eigenvalue weighted by Gasteiger charge is -2.32. The third-order valence-corrected chi connectivity index (χ3v) is 3.60. The molecule has 104 valence electrons. The molecule has 1 fully saturated rings. The maximum Gasteiger partial charge on any atom is 0.224 e. The minimum atomic E-state index is 0.0461. The topological polar surface area (TPSA) is 40.6 Å². The molecule has 1 aliphatic heterocycles. The average molecular weight is 254 g/mol. The van der Waals surface area contributed by atoms with Gasteiger partial charge in [0.15, 0.2) is 0 Å². The molecule has 0 aromatic rings. The summed E-state index contributed by atoms with van der Waals surface area (Å²) in [6.45, 7) is 10.0. The second-order valence-corrected chi connectivity index (χ2v) is 5.64. The largest absolute Gasteiger partial charge is 0.342 e. The van der Waals surface area contributed by atoms with Crippen molar-refractivity contribution in [2.24, 2.45) is 5.92 Å². The van der Waals surface area contributed by atoms with E-state index in [1.54, 1.807) is 11.8 Å². The third-order valence-electron chi connectivity index (χ3n) is 3.60. The van der Waals surface area contributed by atoms with Crippen molar-refractivity contribution in [2.45, 2.75) is 53.0 Å². The Bertz CT molecular complexity index is 302. The summed E-state index contributed by atoms with van der Waals surface area (Å²) in [6.07, 6.45) is 2.77. The van der Waals surface area contributed by atoms with Crippen LogP contribution in [0.2, 0.25) is 0 Å². The molecule has 4 heteroatoms. The van der Waals surface area contributed by atoms with E-state index in [1.807, 2.05) is 18.7 Å². The van der Waals surface area contributed by atoms with Gasteiger partial charge in [0.05, 0.1) is 0 Å². The van der Waals surface area contributed by atoms with Gasteiger partial charge in [-0.2, -0.15) is 0 Å². The summed E-state index contributed by atoms with van der Waals surface area (Å²) in [5.74, 6) is 0.843. The maximum absolute atomic E-state index is 12.1. The summed E-state index contributed by atoms with van der Waals surface area (Å²) < 4.78 is 0. The number of piperidine rings is 1. The van der Waals surface area contributed by atoms with Crippen LogP contribution < -0.4 is 0 Å². The van der Waals surface area contributed by atoms with E-state index >= 15 is 0 Å². The zero-order valence-corrected chi connectivity index (χ0v) is 12.1. The van der Waals surface area contributed by atoms with Crippen molar-refractivity contribution in [3.63, 3.8) is 0 Å². The molecule has 1 atom stereocenters. The summed E-state index contributed by atoms with van der Waals surface area (Å²) >= 11 is 0. The first-order valence-electron chi connectivity index (χ1n) is 6.96. The van der Waals surface area contributed by atoms with Crippen molar-refractivity contribution >= 4 is 11.8 Å². The quantitative estimate of drug-likeness (QED) is 0.768. The van der Waals surface area contributed by atoms with Crippen molar-refractivity contribution in [3.8, 4) is 0 Å². The fourth-order valence-electron chi connectivity index (χ4n) is 2.57. The zero-order valence-electron chi connectivity index (χ0n) is 12.1. The van der Waals surface area contributed by atoms with Gasteiger partial charge in [-0.15, -0.1) is 0 Å². The summed E-state index contributed by atoms with van der Waals surface area (Å²) in [7, 11) is 0. The molecule has 0 aromatic heterocycles. The number of hydrogen-bond donors (Lipinski definition) is 0. The predicted octanol–water partition coefficient (Wildman–Crippen LogP) is 1.89. The van der Waals surface area contributed by atoms with Crippen LogP contribution in [0.3, 0.4) is 0 Å². The Balaban J connectivity index is 2.42. The van der Waals surface area contributed by atoms with E-state index in [-0.39, 0.29) is 17.9 Å². The van der Waals surface area contributed by atoms with Gasteiger partial charge in [0.2, 0.25) is 11.8 Å². The molecule has 1 heterocycles. The van der Waals surface area contributed by atoms with Crippen LogP contribution in [0, 0.1) is 5.92 Å². The molecule has 2 amide bonds. The van der Waals surface area contributed by atoms with E-state index in [2.05, 4.69) is 6.92 Å². The lowest BCUT2D eigenvalue weighted by Crippen LogP contribution is -2.42. The van der Waals surface area contributed by atoms with Crippen LogP contribution in [0.25, 0.3) is 0 Å². The second-order valence-electron chi connectivity index (χ2n) is 5.64. The highest BCUT2D eigenvalue weighted by molar-refractivity contribution is 5.78. The van der Waals surface area contributed by atoms with Gasteiger partial charge in [0, 0.05) is 39.0 Å². The number of carbonyl (C=O) groups excluding carboxylic acids is 2. The summed E-state index contributed by atoms with van der Waals surface area (Å²) in [5.41, 5.74) is 0. The lowest BCUT2D eigenvalue weighted by atomic mass is 10.00. The Labute approximate surface area is 110 Å². The number of likely N-dealkylation sites (tertiary alicyclic amines) is 1. The van der Waals surface area contributed by atoms with E-state index in [0.717, 1.165) is 19.5 Å². The standard InChI is InChI=1S/C14H26N2O2/c1-11(2)16(13(4)17)9-7-14(18)15-8-5-6-12(3)10-15/h11-12H,5-10H2,1-4H3. The highest BCUT2D eigenvalue weighted by Crippen LogP contribution is 2.16. The first kappa shape index (κ1) is 15.0. The van der Waals surface area contributed by atoms with Gasteiger partial charge < -0.3 is 9.80 Å². The highest BCUT2D eigenvalue weighted by atomic mass is 16.2. The fraction of sp³-hybridized carbons (Fsp3) is 0.857. The fourth-order valence-corrected chi connectivity index (χ4v) is 2.57. The van der Waals surface area contributed by atoms with Gasteiger partial charge in [-0.1, -0.05) is 6.92 Å². The summed E-state index contributed by atoms with van der Waals surface area (Å²) in [4.78, 5) is 27.2. The highest BCUT2D eigenvalue weighted by Gasteiger charge is 2.22. The van der Waals surface area contributed by atoms with Gasteiger partial charge in [-0.3, -0.25) is 9.59 Å². The molecule has 1 unspecified atom stereocenters. The summed E-state index contributed by atoms with van der Waals surface area (Å²) in [5, 5.41) is 0. The van der Waals surface area contributed by atoms with Crippen LogP contribution in [0.4, 0.5) is 0 Å². The van der Waals surface area contributed by atoms with E-state index in [9.17, 15) is 9.59 Å². The van der Waals surface area contributed by atoms with E-state index < -0.39 is 0 Å². The average Bonchev–Trinajstić information content (AvgIpc) is 2.28. The van der Waals surface area contributed by atoms with Crippen molar-refractivity contribution in [3.05, 3.63) is 0 Å². The molecule has 18 heavy (non-hydrogen) atoms. The molecule has 0 bridgehead atoms. The van der Waals surface area contributed by atoms with Crippen molar-refractivity contribution in [1.29, 1.82) is 0 Å². The molecule has 0 N–H and O–H groups in total. The molecule has 1 aliphatic rings. The molecule has 1 saturated heterocycles. The number of rotatable bonds is 4. The van der Waals surface area contributed by atoms with E-state index in [0.29, 0.717) is 18.9 Å². The molecule has 0 aliphatic carbocycles. The number of nitrogens with zero attached hydrogens (tertiary/aromatic N) is 2. The monoisotopic (exact) mass is 254 g/mol. The smallest absolute Gasteiger partial charge is 0.224 e. The summed E-state index contributed by atoms with van der Waals surface area (Å²) in [6, 6.07) is 0.163. The molecular formula is C14H26N2O2. The maximum atomic E-state index is 12.1. The molecule has 0 radical (unpaired) electrons. The minimum Gasteiger partial charge on any atom is -0.342 e. The Morgan fingerprint density at radius 2 is 2.06 bits per heavy atom. The van der Waals surface area contributed by atoms with Crippen molar-refractivity contribution in [2.75, 3.05) is 19.6 Å². The Hall–Kier alpha value is -1.06. The Morgan fingerprint density at radius 3 is 2.56 bits per heavy atom. The van der Waals surface area contributed by atoms with E-state index in [1.165, 1.54) is 6.42 Å². The van der Waals surface area contributed by atoms with Crippen molar-refractivity contribution in [1.82, 2.24) is 9.80 Å². The number of carbonyl (C=O) groups is 2. The van der Waals surface area contributed by atoms with Crippen LogP contribution in [0.15, 0.2) is 0 Å². The second kappa shape index (κ2) is 6.76. The first-order chi connectivity index (χ1) is 8.41. The van der Waals surface area contributed by atoms with Crippen LogP contribution in [-0.2, 0) is 9.59 Å². The molecule has 1 rings (SSSR count). The lowest BCUT2D eigenvalue weighted by molar-refractivity contribution is -0.135. The Kier molecular flexibility index (Phi) is 5.63. The van der Waals surface area contributed by atoms with Crippen LogP contribution in [-0.4, -0.2) is 47.3 Å². The minimum absolute atomic E-state index is 0.0461. The molecule has 0 spiro atoms. The molecule has 4 nitrogen and oxygen atoms in total. The molecular weight excluding hydrogens is 228 g/mol. The predicted molar refractivity (Wildman–Crippen MR) is 72.1 cm³/mol. The normalized spacial score (nSPS) is 20.1. The SMILES string of the molecule is CC(=O)N(CCC(=O)N1CCCC(C)C1)C(C)C. The Morgan fingerprint density at radius 1 is 1.39 bits per heavy atom. The van der Waals surface area contributed by atoms with Gasteiger partial charge in [0.25, 0.3) is 0 Å². The van der Waals surface area contributed by atoms with Crippen LogP contribution >= 0.6 is 0 Å². The number of hydrogen-bond acceptors (Lipinski definition) is 2. The molecule has 0 aromatic carbocycles. The van der Waals surface area contributed by atoms with Gasteiger partial charge in [0.1, 0.15) is 0 Å². The van der Waals surface area contributed by atoms with Crippen LogP contribution in [0.1, 0.15) is 47.0 Å². The third kappa shape index (κ3) is 4.31. The van der Waals surface area contributed by atoms with Gasteiger partial charge in [-0.25, -0.2) is 0 Å². The first-order valence-corrected chi connectivity index (χ1v) is 6.96. The van der Waals surface area contributed by atoms with Crippen molar-refractivity contribution < 1.29 is 9.59 Å². The zero-order chi connectivity index (χ0) is 13.7. The van der Waals surface area contributed by atoms with Gasteiger partial charge in [-0.05, 0) is 32.6 Å².